The average Bonchev–Trinajstić information content (AvgIpc) is 2.69. The van der Waals surface area contributed by atoms with Gasteiger partial charge < -0.3 is 15.5 Å². The van der Waals surface area contributed by atoms with E-state index >= 15 is 0 Å². The highest BCUT2D eigenvalue weighted by Gasteiger charge is 2.21. The van der Waals surface area contributed by atoms with Crippen LogP contribution in [0.4, 0.5) is 15.8 Å². The molecule has 0 spiro atoms. The summed E-state index contributed by atoms with van der Waals surface area (Å²) < 4.78 is 13.5. The minimum Gasteiger partial charge on any atom is -0.397 e. The molecule has 1 aliphatic heterocycles. The lowest BCUT2D eigenvalue weighted by molar-refractivity contribution is 0.396. The highest BCUT2D eigenvalue weighted by atomic mass is 35.5. The van der Waals surface area contributed by atoms with Crippen molar-refractivity contribution in [3.63, 3.8) is 0 Å². The standard InChI is InChI=1S/C13H19ClFN3/c1-17-4-3-9(7-17)8-18(2)13-6-11(15)10(14)5-12(13)16/h5-6,9H,3-4,7-8,16H2,1-2H3. The number of nitrogens with two attached hydrogens (primary N) is 1. The Balaban J connectivity index is 2.09. The number of nitrogen functional groups attached to an aromatic ring is 1. The van der Waals surface area contributed by atoms with Crippen LogP contribution in [0.1, 0.15) is 6.42 Å². The Labute approximate surface area is 112 Å². The third kappa shape index (κ3) is 2.87. The van der Waals surface area contributed by atoms with E-state index in [0.29, 0.717) is 17.3 Å². The van der Waals surface area contributed by atoms with Crippen molar-refractivity contribution in [1.29, 1.82) is 0 Å². The molecule has 2 N–H and O–H groups in total. The van der Waals surface area contributed by atoms with E-state index in [4.69, 9.17) is 17.3 Å². The molecular formula is C13H19ClFN3. The van der Waals surface area contributed by atoms with E-state index in [9.17, 15) is 4.39 Å². The lowest BCUT2D eigenvalue weighted by Gasteiger charge is -2.24. The predicted molar refractivity (Wildman–Crippen MR) is 74.7 cm³/mol. The highest BCUT2D eigenvalue weighted by molar-refractivity contribution is 6.31. The summed E-state index contributed by atoms with van der Waals surface area (Å²) in [6, 6.07) is 2.89. The smallest absolute Gasteiger partial charge is 0.144 e. The van der Waals surface area contributed by atoms with Gasteiger partial charge in [0.1, 0.15) is 5.82 Å². The molecule has 0 radical (unpaired) electrons. The molecule has 100 valence electrons. The van der Waals surface area contributed by atoms with Crippen LogP contribution in [0.5, 0.6) is 0 Å². The minimum absolute atomic E-state index is 0.0743. The Hall–Kier alpha value is -1.00. The topological polar surface area (TPSA) is 32.5 Å². The van der Waals surface area contributed by atoms with Gasteiger partial charge in [0.25, 0.3) is 0 Å². The molecule has 1 saturated heterocycles. The van der Waals surface area contributed by atoms with Gasteiger partial charge in [-0.3, -0.25) is 0 Å². The van der Waals surface area contributed by atoms with Gasteiger partial charge >= 0.3 is 0 Å². The molecule has 1 heterocycles. The SMILES string of the molecule is CN1CCC(CN(C)c2cc(F)c(Cl)cc2N)C1. The van der Waals surface area contributed by atoms with Crippen LogP contribution in [0.25, 0.3) is 0 Å². The molecule has 1 unspecified atom stereocenters. The van der Waals surface area contributed by atoms with Crippen LogP contribution >= 0.6 is 11.6 Å². The number of hydrogen-bond donors (Lipinski definition) is 1. The van der Waals surface area contributed by atoms with E-state index in [2.05, 4.69) is 11.9 Å². The molecule has 0 aliphatic carbocycles. The van der Waals surface area contributed by atoms with E-state index in [1.807, 2.05) is 11.9 Å². The minimum atomic E-state index is -0.420. The first-order valence-corrected chi connectivity index (χ1v) is 6.49. The second kappa shape index (κ2) is 5.33. The fourth-order valence-electron chi connectivity index (χ4n) is 2.54. The average molecular weight is 272 g/mol. The van der Waals surface area contributed by atoms with Crippen molar-refractivity contribution in [2.75, 3.05) is 44.4 Å². The summed E-state index contributed by atoms with van der Waals surface area (Å²) in [5.41, 5.74) is 7.13. The number of likely N-dealkylation sites (tertiary alicyclic amines) is 1. The zero-order chi connectivity index (χ0) is 13.3. The number of nitrogens with zero attached hydrogens (tertiary/aromatic N) is 2. The van der Waals surface area contributed by atoms with Crippen LogP contribution in [0, 0.1) is 11.7 Å². The summed E-state index contributed by atoms with van der Waals surface area (Å²) in [5, 5.41) is 0.0743. The molecule has 5 heteroatoms. The Bertz CT molecular complexity index is 438. The second-order valence-electron chi connectivity index (χ2n) is 5.12. The van der Waals surface area contributed by atoms with Gasteiger partial charge in [-0.25, -0.2) is 4.39 Å². The lowest BCUT2D eigenvalue weighted by atomic mass is 10.1. The Morgan fingerprint density at radius 3 is 2.89 bits per heavy atom. The Kier molecular flexibility index (Phi) is 3.97. The van der Waals surface area contributed by atoms with E-state index < -0.39 is 5.82 Å². The maximum Gasteiger partial charge on any atom is 0.144 e. The van der Waals surface area contributed by atoms with E-state index in [1.54, 1.807) is 0 Å². The van der Waals surface area contributed by atoms with Gasteiger partial charge in [-0.15, -0.1) is 0 Å². The van der Waals surface area contributed by atoms with Crippen molar-refractivity contribution >= 4 is 23.0 Å². The van der Waals surface area contributed by atoms with Crippen molar-refractivity contribution in [1.82, 2.24) is 4.90 Å². The summed E-state index contributed by atoms with van der Waals surface area (Å²) in [5.74, 6) is 0.189. The Morgan fingerprint density at radius 1 is 1.56 bits per heavy atom. The van der Waals surface area contributed by atoms with Crippen LogP contribution in [-0.2, 0) is 0 Å². The number of halogens is 2. The molecular weight excluding hydrogens is 253 g/mol. The maximum atomic E-state index is 13.5. The molecule has 1 aromatic rings. The van der Waals surface area contributed by atoms with Crippen molar-refractivity contribution in [3.8, 4) is 0 Å². The zero-order valence-electron chi connectivity index (χ0n) is 10.8. The molecule has 1 atom stereocenters. The first-order valence-electron chi connectivity index (χ1n) is 6.11. The molecule has 3 nitrogen and oxygen atoms in total. The van der Waals surface area contributed by atoms with E-state index in [1.165, 1.54) is 18.6 Å². The maximum absolute atomic E-state index is 13.5. The first kappa shape index (κ1) is 13.4. The predicted octanol–water partition coefficient (Wildman–Crippen LogP) is 2.45. The summed E-state index contributed by atoms with van der Waals surface area (Å²) in [7, 11) is 4.06. The van der Waals surface area contributed by atoms with Crippen LogP contribution in [-0.4, -0.2) is 38.6 Å². The normalized spacial score (nSPS) is 20.3. The van der Waals surface area contributed by atoms with Crippen molar-refractivity contribution < 1.29 is 4.39 Å². The summed E-state index contributed by atoms with van der Waals surface area (Å²) in [6.07, 6.45) is 1.18. The van der Waals surface area contributed by atoms with Crippen molar-refractivity contribution in [2.45, 2.75) is 6.42 Å². The van der Waals surface area contributed by atoms with Crippen LogP contribution in [0.2, 0.25) is 5.02 Å². The molecule has 1 aliphatic rings. The molecule has 2 rings (SSSR count). The molecule has 0 aromatic heterocycles. The van der Waals surface area contributed by atoms with E-state index in [-0.39, 0.29) is 5.02 Å². The Morgan fingerprint density at radius 2 is 2.28 bits per heavy atom. The summed E-state index contributed by atoms with van der Waals surface area (Å²) >= 11 is 5.70. The quantitative estimate of drug-likeness (QED) is 0.857. The monoisotopic (exact) mass is 271 g/mol. The summed E-state index contributed by atoms with van der Waals surface area (Å²) in [4.78, 5) is 4.32. The number of hydrogen-bond acceptors (Lipinski definition) is 3. The van der Waals surface area contributed by atoms with Gasteiger partial charge in [-0.2, -0.15) is 0 Å². The van der Waals surface area contributed by atoms with Crippen molar-refractivity contribution in [3.05, 3.63) is 23.0 Å². The van der Waals surface area contributed by atoms with Gasteiger partial charge in [0.2, 0.25) is 0 Å². The second-order valence-corrected chi connectivity index (χ2v) is 5.53. The third-order valence-electron chi connectivity index (χ3n) is 3.50. The molecule has 0 saturated carbocycles. The van der Waals surface area contributed by atoms with Gasteiger partial charge in [-0.05, 0) is 32.0 Å². The fourth-order valence-corrected chi connectivity index (χ4v) is 2.72. The molecule has 18 heavy (non-hydrogen) atoms. The molecule has 0 amide bonds. The van der Waals surface area contributed by atoms with Crippen molar-refractivity contribution in [2.24, 2.45) is 5.92 Å². The van der Waals surface area contributed by atoms with Gasteiger partial charge in [0.05, 0.1) is 16.4 Å². The van der Waals surface area contributed by atoms with Crippen LogP contribution in [0.15, 0.2) is 12.1 Å². The number of anilines is 2. The third-order valence-corrected chi connectivity index (χ3v) is 3.79. The number of rotatable bonds is 3. The van der Waals surface area contributed by atoms with Crippen LogP contribution < -0.4 is 10.6 Å². The van der Waals surface area contributed by atoms with Gasteiger partial charge in [0.15, 0.2) is 0 Å². The fraction of sp³-hybridized carbons (Fsp3) is 0.538. The summed E-state index contributed by atoms with van der Waals surface area (Å²) in [6.45, 7) is 3.10. The first-order chi connectivity index (χ1) is 8.47. The largest absolute Gasteiger partial charge is 0.397 e. The highest BCUT2D eigenvalue weighted by Crippen LogP contribution is 2.29. The number of benzene rings is 1. The lowest BCUT2D eigenvalue weighted by Crippen LogP contribution is -2.27. The van der Waals surface area contributed by atoms with Crippen LogP contribution in [0.3, 0.4) is 0 Å². The van der Waals surface area contributed by atoms with E-state index in [0.717, 1.165) is 19.6 Å². The van der Waals surface area contributed by atoms with Gasteiger partial charge in [-0.1, -0.05) is 11.6 Å². The molecule has 0 bridgehead atoms. The van der Waals surface area contributed by atoms with Gasteiger partial charge in [0, 0.05) is 26.2 Å². The molecule has 1 fully saturated rings. The zero-order valence-corrected chi connectivity index (χ0v) is 11.5. The molecule has 1 aromatic carbocycles.